The molecule has 0 spiro atoms. The molecule has 0 atom stereocenters. The monoisotopic (exact) mass is 233 g/mol. The van der Waals surface area contributed by atoms with E-state index >= 15 is 0 Å². The second kappa shape index (κ2) is 3.03. The Labute approximate surface area is 79.7 Å². The van der Waals surface area contributed by atoms with E-state index in [1.807, 2.05) is 19.9 Å². The second-order valence-corrected chi connectivity index (χ2v) is 3.77. The van der Waals surface area contributed by atoms with Crippen molar-refractivity contribution in [1.82, 2.24) is 0 Å². The molecule has 0 aliphatic carbocycles. The molecule has 2 N–H and O–H groups in total. The van der Waals surface area contributed by atoms with Gasteiger partial charge in [0.1, 0.15) is 0 Å². The summed E-state index contributed by atoms with van der Waals surface area (Å²) >= 11 is 9.23. The third-order valence-electron chi connectivity index (χ3n) is 1.84. The number of halogens is 2. The van der Waals surface area contributed by atoms with E-state index in [0.717, 1.165) is 15.6 Å². The lowest BCUT2D eigenvalue weighted by atomic mass is 10.1. The van der Waals surface area contributed by atoms with Crippen LogP contribution in [0.3, 0.4) is 0 Å². The van der Waals surface area contributed by atoms with E-state index in [-0.39, 0.29) is 0 Å². The van der Waals surface area contributed by atoms with Crippen LogP contribution in [-0.2, 0) is 0 Å². The molecule has 0 fully saturated rings. The molecule has 60 valence electrons. The summed E-state index contributed by atoms with van der Waals surface area (Å²) in [5.41, 5.74) is 8.56. The van der Waals surface area contributed by atoms with Crippen molar-refractivity contribution in [1.29, 1.82) is 0 Å². The van der Waals surface area contributed by atoms with Crippen LogP contribution in [0.15, 0.2) is 10.5 Å². The van der Waals surface area contributed by atoms with Crippen LogP contribution in [0.5, 0.6) is 0 Å². The highest BCUT2D eigenvalue weighted by Crippen LogP contribution is 2.30. The molecule has 1 nitrogen and oxygen atoms in total. The molecule has 3 heteroatoms. The maximum absolute atomic E-state index is 5.84. The lowest BCUT2D eigenvalue weighted by molar-refractivity contribution is 1.32. The first-order valence-corrected chi connectivity index (χ1v) is 4.41. The minimum atomic E-state index is 0.611. The Morgan fingerprint density at radius 2 is 1.91 bits per heavy atom. The van der Waals surface area contributed by atoms with Gasteiger partial charge in [0.15, 0.2) is 0 Å². The summed E-state index contributed by atoms with van der Waals surface area (Å²) < 4.78 is 1.01. The van der Waals surface area contributed by atoms with Gasteiger partial charge in [-0.3, -0.25) is 0 Å². The number of rotatable bonds is 0. The molecule has 0 saturated heterocycles. The highest BCUT2D eigenvalue weighted by atomic mass is 79.9. The Bertz CT molecular complexity index is 270. The summed E-state index contributed by atoms with van der Waals surface area (Å²) in [7, 11) is 0. The van der Waals surface area contributed by atoms with Crippen LogP contribution in [0.1, 0.15) is 11.1 Å². The first kappa shape index (κ1) is 8.88. The zero-order chi connectivity index (χ0) is 8.59. The van der Waals surface area contributed by atoms with Crippen molar-refractivity contribution in [2.45, 2.75) is 13.8 Å². The van der Waals surface area contributed by atoms with Crippen molar-refractivity contribution in [3.8, 4) is 0 Å². The fourth-order valence-corrected chi connectivity index (χ4v) is 1.77. The molecule has 1 aromatic rings. The van der Waals surface area contributed by atoms with E-state index in [4.69, 9.17) is 17.3 Å². The molecular formula is C8H9BrClN. The number of hydrogen-bond acceptors (Lipinski definition) is 1. The van der Waals surface area contributed by atoms with Crippen molar-refractivity contribution < 1.29 is 0 Å². The minimum Gasteiger partial charge on any atom is -0.397 e. The lowest BCUT2D eigenvalue weighted by Crippen LogP contribution is -1.94. The van der Waals surface area contributed by atoms with Gasteiger partial charge in [0.25, 0.3) is 0 Å². The fourth-order valence-electron chi connectivity index (χ4n) is 0.858. The van der Waals surface area contributed by atoms with E-state index < -0.39 is 0 Å². The molecule has 0 radical (unpaired) electrons. The topological polar surface area (TPSA) is 26.0 Å². The predicted octanol–water partition coefficient (Wildman–Crippen LogP) is 3.30. The SMILES string of the molecule is Cc1c(Br)cc(Cl)c(N)c1C. The molecule has 0 bridgehead atoms. The van der Waals surface area contributed by atoms with Gasteiger partial charge in [-0.1, -0.05) is 27.5 Å². The van der Waals surface area contributed by atoms with Gasteiger partial charge in [-0.25, -0.2) is 0 Å². The molecule has 0 aliphatic rings. The van der Waals surface area contributed by atoms with Gasteiger partial charge in [-0.15, -0.1) is 0 Å². The molecule has 0 aromatic heterocycles. The molecule has 0 heterocycles. The van der Waals surface area contributed by atoms with Gasteiger partial charge < -0.3 is 5.73 Å². The fraction of sp³-hybridized carbons (Fsp3) is 0.250. The van der Waals surface area contributed by atoms with Crippen LogP contribution in [0, 0.1) is 13.8 Å². The van der Waals surface area contributed by atoms with Crippen LogP contribution in [0.4, 0.5) is 5.69 Å². The van der Waals surface area contributed by atoms with E-state index in [9.17, 15) is 0 Å². The van der Waals surface area contributed by atoms with Crippen molar-refractivity contribution in [2.24, 2.45) is 0 Å². The first-order valence-electron chi connectivity index (χ1n) is 3.24. The van der Waals surface area contributed by atoms with Gasteiger partial charge in [-0.2, -0.15) is 0 Å². The van der Waals surface area contributed by atoms with Crippen molar-refractivity contribution in [2.75, 3.05) is 5.73 Å². The zero-order valence-corrected chi connectivity index (χ0v) is 8.75. The molecule has 0 aliphatic heterocycles. The second-order valence-electron chi connectivity index (χ2n) is 2.50. The van der Waals surface area contributed by atoms with Gasteiger partial charge in [0.2, 0.25) is 0 Å². The Balaban J connectivity index is 3.46. The van der Waals surface area contributed by atoms with Crippen molar-refractivity contribution in [3.05, 3.63) is 26.7 Å². The number of nitrogen functional groups attached to an aromatic ring is 1. The maximum atomic E-state index is 5.84. The average molecular weight is 235 g/mol. The number of anilines is 1. The van der Waals surface area contributed by atoms with Gasteiger partial charge >= 0.3 is 0 Å². The molecule has 0 amide bonds. The van der Waals surface area contributed by atoms with Crippen molar-refractivity contribution >= 4 is 33.2 Å². The van der Waals surface area contributed by atoms with Gasteiger partial charge in [0.05, 0.1) is 10.7 Å². The first-order chi connectivity index (χ1) is 5.04. The molecule has 11 heavy (non-hydrogen) atoms. The molecule has 1 aromatic carbocycles. The van der Waals surface area contributed by atoms with Crippen LogP contribution in [-0.4, -0.2) is 0 Å². The molecule has 1 rings (SSSR count). The normalized spacial score (nSPS) is 10.2. The summed E-state index contributed by atoms with van der Waals surface area (Å²) in [5.74, 6) is 0. The highest BCUT2D eigenvalue weighted by Gasteiger charge is 2.05. The Kier molecular flexibility index (Phi) is 2.45. The van der Waals surface area contributed by atoms with E-state index in [1.54, 1.807) is 0 Å². The van der Waals surface area contributed by atoms with Crippen LogP contribution >= 0.6 is 27.5 Å². The van der Waals surface area contributed by atoms with Crippen molar-refractivity contribution in [3.63, 3.8) is 0 Å². The summed E-state index contributed by atoms with van der Waals surface area (Å²) in [6.07, 6.45) is 0. The smallest absolute Gasteiger partial charge is 0.0649 e. The predicted molar refractivity (Wildman–Crippen MR) is 53.0 cm³/mol. The molecule has 0 unspecified atom stereocenters. The summed E-state index contributed by atoms with van der Waals surface area (Å²) in [6.45, 7) is 3.97. The third kappa shape index (κ3) is 1.52. The lowest BCUT2D eigenvalue weighted by Gasteiger charge is -2.07. The van der Waals surface area contributed by atoms with Gasteiger partial charge in [0, 0.05) is 4.47 Å². The van der Waals surface area contributed by atoms with E-state index in [2.05, 4.69) is 15.9 Å². The molecular weight excluding hydrogens is 225 g/mol. The summed E-state index contributed by atoms with van der Waals surface area (Å²) in [6, 6.07) is 1.82. The Morgan fingerprint density at radius 3 is 2.45 bits per heavy atom. The van der Waals surface area contributed by atoms with Crippen LogP contribution < -0.4 is 5.73 Å². The minimum absolute atomic E-state index is 0.611. The average Bonchev–Trinajstić information content (AvgIpc) is 1.97. The Morgan fingerprint density at radius 1 is 1.36 bits per heavy atom. The third-order valence-corrected chi connectivity index (χ3v) is 2.97. The standard InChI is InChI=1S/C8H9BrClN/c1-4-5(2)8(11)7(10)3-6(4)9/h3H,11H2,1-2H3. The van der Waals surface area contributed by atoms with E-state index in [1.165, 1.54) is 0 Å². The molecule has 0 saturated carbocycles. The summed E-state index contributed by atoms with van der Waals surface area (Å²) in [4.78, 5) is 0. The Hall–Kier alpha value is -0.210. The number of nitrogens with two attached hydrogens (primary N) is 1. The number of hydrogen-bond donors (Lipinski definition) is 1. The van der Waals surface area contributed by atoms with E-state index in [0.29, 0.717) is 10.7 Å². The van der Waals surface area contributed by atoms with Crippen LogP contribution in [0.2, 0.25) is 5.02 Å². The quantitative estimate of drug-likeness (QED) is 0.685. The summed E-state index contributed by atoms with van der Waals surface area (Å²) in [5, 5.41) is 0.611. The zero-order valence-electron chi connectivity index (χ0n) is 6.41. The highest BCUT2D eigenvalue weighted by molar-refractivity contribution is 9.10. The number of benzene rings is 1. The maximum Gasteiger partial charge on any atom is 0.0649 e. The largest absolute Gasteiger partial charge is 0.397 e. The van der Waals surface area contributed by atoms with Crippen LogP contribution in [0.25, 0.3) is 0 Å². The van der Waals surface area contributed by atoms with Gasteiger partial charge in [-0.05, 0) is 31.0 Å².